The van der Waals surface area contributed by atoms with Crippen LogP contribution in [0.4, 0.5) is 4.39 Å². The van der Waals surface area contributed by atoms with Crippen LogP contribution in [0.1, 0.15) is 42.9 Å². The Kier molecular flexibility index (Phi) is 6.63. The van der Waals surface area contributed by atoms with Gasteiger partial charge in [0.15, 0.2) is 0 Å². The minimum absolute atomic E-state index is 0.0112. The van der Waals surface area contributed by atoms with Crippen LogP contribution in [0.25, 0.3) is 28.1 Å². The molecule has 2 atom stereocenters. The van der Waals surface area contributed by atoms with E-state index in [-0.39, 0.29) is 18.7 Å². The van der Waals surface area contributed by atoms with Gasteiger partial charge in [0.2, 0.25) is 0 Å². The molecule has 6 heteroatoms. The quantitative estimate of drug-likeness (QED) is 0.505. The number of halogens is 1. The average Bonchev–Trinajstić information content (AvgIpc) is 3.62. The van der Waals surface area contributed by atoms with Crippen molar-refractivity contribution in [2.45, 2.75) is 43.8 Å². The number of methoxy groups -OCH3 is 1. The van der Waals surface area contributed by atoms with Crippen LogP contribution >= 0.6 is 0 Å². The first-order valence-corrected chi connectivity index (χ1v) is 10.8. The Hall–Kier alpha value is -3.09. The Balaban J connectivity index is 1.75. The van der Waals surface area contributed by atoms with Crippen molar-refractivity contribution in [3.05, 3.63) is 71.7 Å². The number of hydrogen-bond acceptors (Lipinski definition) is 5. The van der Waals surface area contributed by atoms with Crippen LogP contribution in [0.5, 0.6) is 0 Å². The van der Waals surface area contributed by atoms with Gasteiger partial charge >= 0.3 is 5.97 Å². The van der Waals surface area contributed by atoms with E-state index in [1.807, 2.05) is 30.3 Å². The minimum Gasteiger partial charge on any atom is -0.469 e. The van der Waals surface area contributed by atoms with E-state index >= 15 is 0 Å². The number of pyridine rings is 1. The van der Waals surface area contributed by atoms with Gasteiger partial charge in [-0.3, -0.25) is 9.78 Å². The number of carbonyl (C=O) groups excluding carboxylic acids is 1. The molecule has 1 fully saturated rings. The normalized spacial score (nSPS) is 15.8. The fourth-order valence-corrected chi connectivity index (χ4v) is 3.93. The fraction of sp³-hybridized carbons (Fsp3) is 0.308. The number of aromatic nitrogens is 1. The second-order valence-corrected chi connectivity index (χ2v) is 8.18. The SMILES string of the molecule is COC(=O)C[C@H](O)C[C@H](O)/C=C\c1c(C2CC2)nc2ccccc2c1-c1ccc(F)cc1. The summed E-state index contributed by atoms with van der Waals surface area (Å²) >= 11 is 0. The molecule has 166 valence electrons. The van der Waals surface area contributed by atoms with Crippen molar-refractivity contribution in [3.63, 3.8) is 0 Å². The average molecular weight is 435 g/mol. The lowest BCUT2D eigenvalue weighted by molar-refractivity contribution is -0.143. The molecule has 1 aliphatic carbocycles. The minimum atomic E-state index is -1.00. The van der Waals surface area contributed by atoms with Crippen molar-refractivity contribution in [2.24, 2.45) is 0 Å². The number of carbonyl (C=O) groups is 1. The lowest BCUT2D eigenvalue weighted by Gasteiger charge is -2.16. The molecule has 0 amide bonds. The highest BCUT2D eigenvalue weighted by atomic mass is 19.1. The van der Waals surface area contributed by atoms with E-state index in [1.165, 1.54) is 19.2 Å². The second-order valence-electron chi connectivity index (χ2n) is 8.18. The van der Waals surface area contributed by atoms with Gasteiger partial charge in [0.1, 0.15) is 5.82 Å². The van der Waals surface area contributed by atoms with Gasteiger partial charge < -0.3 is 14.9 Å². The summed E-state index contributed by atoms with van der Waals surface area (Å²) < 4.78 is 18.2. The molecule has 0 radical (unpaired) electrons. The van der Waals surface area contributed by atoms with Gasteiger partial charge in [0, 0.05) is 28.9 Å². The first kappa shape index (κ1) is 22.1. The molecule has 3 aromatic rings. The van der Waals surface area contributed by atoms with Crippen LogP contribution in [0.3, 0.4) is 0 Å². The van der Waals surface area contributed by atoms with E-state index in [0.29, 0.717) is 5.92 Å². The van der Waals surface area contributed by atoms with Crippen molar-refractivity contribution in [1.29, 1.82) is 0 Å². The van der Waals surface area contributed by atoms with Gasteiger partial charge in [-0.15, -0.1) is 0 Å². The van der Waals surface area contributed by atoms with E-state index in [0.717, 1.165) is 46.1 Å². The summed E-state index contributed by atoms with van der Waals surface area (Å²) in [6.07, 6.45) is 3.44. The molecule has 1 saturated carbocycles. The zero-order valence-corrected chi connectivity index (χ0v) is 17.9. The molecular formula is C26H26FNO4. The standard InChI is InChI=1S/C26H26FNO4/c1-32-24(31)15-20(30)14-19(29)12-13-22-25(16-8-10-18(27)11-9-16)21-4-2-3-5-23(21)28-26(22)17-6-7-17/h2-5,8-13,17,19-20,29-30H,6-7,14-15H2,1H3/b13-12-/t19-,20-/m1/s1. The van der Waals surface area contributed by atoms with Crippen molar-refractivity contribution in [2.75, 3.05) is 7.11 Å². The summed E-state index contributed by atoms with van der Waals surface area (Å²) in [6, 6.07) is 14.2. The van der Waals surface area contributed by atoms with Gasteiger partial charge in [0.05, 0.1) is 36.9 Å². The molecule has 2 aromatic carbocycles. The topological polar surface area (TPSA) is 79.7 Å². The summed E-state index contributed by atoms with van der Waals surface area (Å²) in [7, 11) is 1.26. The third kappa shape index (κ3) is 5.03. The molecule has 2 N–H and O–H groups in total. The first-order valence-electron chi connectivity index (χ1n) is 10.8. The van der Waals surface area contributed by atoms with Crippen molar-refractivity contribution >= 4 is 22.9 Å². The van der Waals surface area contributed by atoms with Gasteiger partial charge in [-0.25, -0.2) is 4.39 Å². The van der Waals surface area contributed by atoms with E-state index in [2.05, 4.69) is 4.74 Å². The molecule has 0 bridgehead atoms. The predicted molar refractivity (Wildman–Crippen MR) is 121 cm³/mol. The maximum atomic E-state index is 13.6. The molecule has 0 aliphatic heterocycles. The van der Waals surface area contributed by atoms with Crippen LogP contribution in [-0.2, 0) is 9.53 Å². The van der Waals surface area contributed by atoms with Crippen LogP contribution < -0.4 is 0 Å². The van der Waals surface area contributed by atoms with Gasteiger partial charge in [-0.2, -0.15) is 0 Å². The number of aliphatic hydroxyl groups is 2. The van der Waals surface area contributed by atoms with Crippen molar-refractivity contribution < 1.29 is 24.1 Å². The van der Waals surface area contributed by atoms with Gasteiger partial charge in [-0.1, -0.05) is 42.5 Å². The number of para-hydroxylation sites is 1. The van der Waals surface area contributed by atoms with Crippen LogP contribution in [0.2, 0.25) is 0 Å². The zero-order chi connectivity index (χ0) is 22.7. The van der Waals surface area contributed by atoms with Crippen LogP contribution in [-0.4, -0.2) is 40.5 Å². The molecule has 0 saturated heterocycles. The molecule has 1 aliphatic rings. The van der Waals surface area contributed by atoms with Crippen molar-refractivity contribution in [1.82, 2.24) is 4.98 Å². The molecule has 0 unspecified atom stereocenters. The zero-order valence-electron chi connectivity index (χ0n) is 17.9. The van der Waals surface area contributed by atoms with E-state index < -0.39 is 18.2 Å². The Bertz CT molecular complexity index is 1140. The van der Waals surface area contributed by atoms with E-state index in [1.54, 1.807) is 18.2 Å². The number of aliphatic hydroxyl groups excluding tert-OH is 2. The maximum absolute atomic E-state index is 13.6. The van der Waals surface area contributed by atoms with Crippen LogP contribution in [0.15, 0.2) is 54.6 Å². The number of hydrogen-bond donors (Lipinski definition) is 2. The van der Waals surface area contributed by atoms with Crippen molar-refractivity contribution in [3.8, 4) is 11.1 Å². The summed E-state index contributed by atoms with van der Waals surface area (Å²) in [4.78, 5) is 16.3. The number of nitrogens with zero attached hydrogens (tertiary/aromatic N) is 1. The lowest BCUT2D eigenvalue weighted by Crippen LogP contribution is -2.20. The molecular weight excluding hydrogens is 409 g/mol. The summed E-state index contributed by atoms with van der Waals surface area (Å²) in [5, 5.41) is 21.4. The Morgan fingerprint density at radius 1 is 1.19 bits per heavy atom. The molecule has 1 aromatic heterocycles. The summed E-state index contributed by atoms with van der Waals surface area (Å²) in [5.74, 6) is -0.482. The molecule has 1 heterocycles. The largest absolute Gasteiger partial charge is 0.469 e. The third-order valence-corrected chi connectivity index (χ3v) is 5.69. The third-order valence-electron chi connectivity index (χ3n) is 5.69. The second kappa shape index (κ2) is 9.59. The molecule has 5 nitrogen and oxygen atoms in total. The Morgan fingerprint density at radius 2 is 1.91 bits per heavy atom. The number of rotatable bonds is 8. The number of esters is 1. The summed E-state index contributed by atoms with van der Waals surface area (Å²) in [5.41, 5.74) is 4.53. The first-order chi connectivity index (χ1) is 15.5. The molecule has 0 spiro atoms. The highest BCUT2D eigenvalue weighted by molar-refractivity contribution is 5.99. The number of ether oxygens (including phenoxy) is 1. The number of benzene rings is 2. The smallest absolute Gasteiger partial charge is 0.308 e. The lowest BCUT2D eigenvalue weighted by atomic mass is 9.92. The molecule has 32 heavy (non-hydrogen) atoms. The fourth-order valence-electron chi connectivity index (χ4n) is 3.93. The van der Waals surface area contributed by atoms with Crippen LogP contribution in [0, 0.1) is 5.82 Å². The summed E-state index contributed by atoms with van der Waals surface area (Å²) in [6.45, 7) is 0. The monoisotopic (exact) mass is 435 g/mol. The molecule has 4 rings (SSSR count). The maximum Gasteiger partial charge on any atom is 0.308 e. The van der Waals surface area contributed by atoms with E-state index in [4.69, 9.17) is 4.98 Å². The van der Waals surface area contributed by atoms with Gasteiger partial charge in [-0.05, 0) is 36.6 Å². The Morgan fingerprint density at radius 3 is 2.59 bits per heavy atom. The van der Waals surface area contributed by atoms with Gasteiger partial charge in [0.25, 0.3) is 0 Å². The Labute approximate surface area is 186 Å². The van der Waals surface area contributed by atoms with E-state index in [9.17, 15) is 19.4 Å². The highest BCUT2D eigenvalue weighted by Crippen LogP contribution is 2.45. The predicted octanol–water partition coefficient (Wildman–Crippen LogP) is 4.61. The number of fused-ring (bicyclic) bond motifs is 1. The highest BCUT2D eigenvalue weighted by Gasteiger charge is 2.29.